The summed E-state index contributed by atoms with van der Waals surface area (Å²) in [6, 6.07) is 7.69. The molecule has 0 spiro atoms. The number of hydrogen-bond acceptors (Lipinski definition) is 8. The van der Waals surface area contributed by atoms with E-state index < -0.39 is 80.8 Å². The Bertz CT molecular complexity index is 1430. The zero-order valence-corrected chi connectivity index (χ0v) is 23.3. The highest BCUT2D eigenvalue weighted by atomic mass is 32.2. The van der Waals surface area contributed by atoms with Crippen LogP contribution in [0.5, 0.6) is 0 Å². The number of benzene rings is 2. The van der Waals surface area contributed by atoms with Gasteiger partial charge in [-0.15, -0.1) is 0 Å². The summed E-state index contributed by atoms with van der Waals surface area (Å²) >= 11 is 0. The molecule has 1 atom stereocenters. The zero-order chi connectivity index (χ0) is 30.8. The molecule has 222 valence electrons. The van der Waals surface area contributed by atoms with Crippen molar-refractivity contribution in [3.05, 3.63) is 76.7 Å². The fourth-order valence-electron chi connectivity index (χ4n) is 4.47. The molecular weight excluding hydrogens is 574 g/mol. The van der Waals surface area contributed by atoms with Gasteiger partial charge in [-0.3, -0.25) is 0 Å². The lowest BCUT2D eigenvalue weighted by atomic mass is 9.76. The van der Waals surface area contributed by atoms with E-state index in [4.69, 9.17) is 14.2 Å². The van der Waals surface area contributed by atoms with Gasteiger partial charge in [-0.1, -0.05) is 29.8 Å². The van der Waals surface area contributed by atoms with E-state index >= 15 is 4.39 Å². The number of rotatable bonds is 9. The average Bonchev–Trinajstić information content (AvgIpc) is 3.19. The standard InChI is InChI=1S/C27H27F4NO8S/c1-5-38-23(33)20-21(17-10-12-18(13-11-17)27(29,30)31)26(24(34)39-6-2,25(35)40-7-3)32(22(20)28)41(36,37)19-14-8-16(4)9-15-19/h8-15,21H,5-7H2,1-4H3. The predicted octanol–water partition coefficient (Wildman–Crippen LogP) is 4.41. The molecule has 41 heavy (non-hydrogen) atoms. The number of halogens is 4. The highest BCUT2D eigenvalue weighted by molar-refractivity contribution is 7.89. The van der Waals surface area contributed by atoms with Crippen LogP contribution in [0.3, 0.4) is 0 Å². The molecule has 0 N–H and O–H groups in total. The summed E-state index contributed by atoms with van der Waals surface area (Å²) in [6.45, 7) is 4.49. The van der Waals surface area contributed by atoms with E-state index in [0.29, 0.717) is 17.7 Å². The number of alkyl halides is 3. The van der Waals surface area contributed by atoms with Crippen LogP contribution in [0, 0.1) is 6.92 Å². The molecule has 0 fully saturated rings. The molecule has 9 nitrogen and oxygen atoms in total. The summed E-state index contributed by atoms with van der Waals surface area (Å²) in [5, 5.41) is 0. The molecule has 0 saturated heterocycles. The Hall–Kier alpha value is -3.94. The third-order valence-corrected chi connectivity index (χ3v) is 8.02. The summed E-state index contributed by atoms with van der Waals surface area (Å²) < 4.78 is 99.4. The van der Waals surface area contributed by atoms with E-state index in [2.05, 4.69) is 0 Å². The molecule has 1 unspecified atom stereocenters. The molecule has 1 aliphatic rings. The van der Waals surface area contributed by atoms with E-state index in [1.54, 1.807) is 6.92 Å². The fourth-order valence-corrected chi connectivity index (χ4v) is 6.10. The minimum Gasteiger partial charge on any atom is -0.464 e. The van der Waals surface area contributed by atoms with Crippen molar-refractivity contribution in [1.29, 1.82) is 0 Å². The molecular formula is C27H27F4NO8S. The average molecular weight is 602 g/mol. The van der Waals surface area contributed by atoms with E-state index in [1.807, 2.05) is 0 Å². The van der Waals surface area contributed by atoms with Crippen LogP contribution in [0.25, 0.3) is 0 Å². The number of sulfonamides is 1. The number of carbonyl (C=O) groups is 3. The largest absolute Gasteiger partial charge is 0.464 e. The van der Waals surface area contributed by atoms with Crippen LogP contribution in [0.4, 0.5) is 17.6 Å². The molecule has 1 heterocycles. The maximum Gasteiger partial charge on any atom is 0.416 e. The van der Waals surface area contributed by atoms with E-state index in [1.165, 1.54) is 32.9 Å². The Morgan fingerprint density at radius 3 is 1.78 bits per heavy atom. The van der Waals surface area contributed by atoms with Crippen molar-refractivity contribution in [2.75, 3.05) is 19.8 Å². The van der Waals surface area contributed by atoms with Gasteiger partial charge in [0.15, 0.2) is 0 Å². The summed E-state index contributed by atoms with van der Waals surface area (Å²) in [4.78, 5) is 40.1. The van der Waals surface area contributed by atoms with E-state index in [-0.39, 0.29) is 16.5 Å². The first-order valence-corrected chi connectivity index (χ1v) is 13.8. The second kappa shape index (κ2) is 11.9. The number of ether oxygens (including phenoxy) is 3. The highest BCUT2D eigenvalue weighted by Crippen LogP contribution is 2.53. The van der Waals surface area contributed by atoms with Crippen LogP contribution < -0.4 is 0 Å². The Morgan fingerprint density at radius 1 is 0.854 bits per heavy atom. The SMILES string of the molecule is CCOC(=O)C1=C(F)N(S(=O)(=O)c2ccc(C)cc2)C(C(=O)OCC)(C(=O)OCC)C1c1ccc(C(F)(F)F)cc1. The van der Waals surface area contributed by atoms with Gasteiger partial charge < -0.3 is 14.2 Å². The van der Waals surface area contributed by atoms with Crippen LogP contribution in [-0.4, -0.2) is 56.0 Å². The molecule has 0 aliphatic carbocycles. The van der Waals surface area contributed by atoms with Gasteiger partial charge in [0.25, 0.3) is 15.6 Å². The molecule has 3 rings (SSSR count). The minimum absolute atomic E-state index is 0.185. The molecule has 0 aromatic heterocycles. The molecule has 0 amide bonds. The van der Waals surface area contributed by atoms with Crippen LogP contribution >= 0.6 is 0 Å². The molecule has 0 saturated carbocycles. The van der Waals surface area contributed by atoms with Crippen LogP contribution in [0.2, 0.25) is 0 Å². The van der Waals surface area contributed by atoms with Crippen LogP contribution in [0.15, 0.2) is 65.0 Å². The van der Waals surface area contributed by atoms with Crippen molar-refractivity contribution in [2.24, 2.45) is 0 Å². The summed E-state index contributed by atoms with van der Waals surface area (Å²) in [5.41, 5.74) is -5.27. The van der Waals surface area contributed by atoms with Gasteiger partial charge >= 0.3 is 24.1 Å². The van der Waals surface area contributed by atoms with Gasteiger partial charge in [0.05, 0.1) is 36.2 Å². The summed E-state index contributed by atoms with van der Waals surface area (Å²) in [6.07, 6.45) is -4.79. The van der Waals surface area contributed by atoms with Gasteiger partial charge in [-0.2, -0.15) is 17.6 Å². The second-order valence-corrected chi connectivity index (χ2v) is 10.6. The maximum atomic E-state index is 16.5. The first-order valence-electron chi connectivity index (χ1n) is 12.4. The van der Waals surface area contributed by atoms with Gasteiger partial charge in [-0.05, 0) is 57.5 Å². The smallest absolute Gasteiger partial charge is 0.416 e. The van der Waals surface area contributed by atoms with Gasteiger partial charge in [-0.25, -0.2) is 27.1 Å². The minimum atomic E-state index is -5.18. The summed E-state index contributed by atoms with van der Waals surface area (Å²) in [5.74, 6) is -8.70. The molecule has 2 aromatic carbocycles. The first kappa shape index (κ1) is 31.6. The molecule has 14 heteroatoms. The van der Waals surface area contributed by atoms with E-state index in [0.717, 1.165) is 24.3 Å². The third kappa shape index (κ3) is 5.52. The van der Waals surface area contributed by atoms with Gasteiger partial charge in [0, 0.05) is 0 Å². The van der Waals surface area contributed by atoms with Crippen molar-refractivity contribution in [3.63, 3.8) is 0 Å². The molecule has 1 aliphatic heterocycles. The Labute approximate surface area is 233 Å². The maximum absolute atomic E-state index is 16.5. The van der Waals surface area contributed by atoms with Gasteiger partial charge in [0.1, 0.15) is 5.57 Å². The molecule has 0 bridgehead atoms. The second-order valence-electron chi connectivity index (χ2n) is 8.77. The number of aryl methyl sites for hydroxylation is 1. The Morgan fingerprint density at radius 2 is 1.34 bits per heavy atom. The monoisotopic (exact) mass is 601 g/mol. The van der Waals surface area contributed by atoms with E-state index in [9.17, 15) is 36.0 Å². The number of esters is 3. The topological polar surface area (TPSA) is 116 Å². The normalized spacial score (nSPS) is 16.9. The highest BCUT2D eigenvalue weighted by Gasteiger charge is 2.71. The molecule has 0 radical (unpaired) electrons. The van der Waals surface area contributed by atoms with Crippen LogP contribution in [0.1, 0.15) is 43.4 Å². The third-order valence-electron chi connectivity index (χ3n) is 6.23. The number of hydrogen-bond donors (Lipinski definition) is 0. The summed E-state index contributed by atoms with van der Waals surface area (Å²) in [7, 11) is -5.18. The lowest BCUT2D eigenvalue weighted by Gasteiger charge is -2.38. The van der Waals surface area contributed by atoms with Gasteiger partial charge in [0.2, 0.25) is 5.95 Å². The predicted molar refractivity (Wildman–Crippen MR) is 135 cm³/mol. The van der Waals surface area contributed by atoms with Crippen LogP contribution in [-0.2, 0) is 44.8 Å². The van der Waals surface area contributed by atoms with Crippen molar-refractivity contribution in [2.45, 2.75) is 50.2 Å². The lowest BCUT2D eigenvalue weighted by molar-refractivity contribution is -0.170. The van der Waals surface area contributed by atoms with Crippen molar-refractivity contribution in [3.8, 4) is 0 Å². The lowest BCUT2D eigenvalue weighted by Crippen LogP contribution is -2.63. The number of carbonyl (C=O) groups excluding carboxylic acids is 3. The Balaban J connectivity index is 2.50. The van der Waals surface area contributed by atoms with Crippen molar-refractivity contribution >= 4 is 27.9 Å². The number of nitrogens with zero attached hydrogens (tertiary/aromatic N) is 1. The quantitative estimate of drug-likeness (QED) is 0.137. The fraction of sp³-hybridized carbons (Fsp3) is 0.370. The van der Waals surface area contributed by atoms with Crippen molar-refractivity contribution in [1.82, 2.24) is 4.31 Å². The molecule has 2 aromatic rings. The van der Waals surface area contributed by atoms with Crippen molar-refractivity contribution < 1.29 is 54.6 Å². The Kier molecular flexibility index (Phi) is 9.16. The first-order chi connectivity index (χ1) is 19.2. The zero-order valence-electron chi connectivity index (χ0n) is 22.5.